The van der Waals surface area contributed by atoms with Gasteiger partial charge in [0.1, 0.15) is 17.5 Å². The maximum atomic E-state index is 13.5. The molecule has 0 radical (unpaired) electrons. The van der Waals surface area contributed by atoms with Crippen LogP contribution in [0.4, 0.5) is 13.2 Å². The van der Waals surface area contributed by atoms with E-state index < -0.39 is 11.6 Å². The standard InChI is InChI=1S/C22H21BrF3N3O2/c23-20-10-16(24)2-1-15(20)12-29-22(31)19-13-27(4-3-21(19)28(29)5-6-30)11-14-7-17(25)9-18(26)8-14/h1-2,7-10,30H,3-6,11-13H2. The van der Waals surface area contributed by atoms with E-state index in [4.69, 9.17) is 0 Å². The molecule has 2 heterocycles. The summed E-state index contributed by atoms with van der Waals surface area (Å²) < 4.78 is 44.4. The Labute approximate surface area is 185 Å². The summed E-state index contributed by atoms with van der Waals surface area (Å²) in [7, 11) is 0. The number of aliphatic hydroxyl groups is 1. The minimum atomic E-state index is -0.631. The minimum Gasteiger partial charge on any atom is -0.394 e. The second-order valence-electron chi connectivity index (χ2n) is 7.61. The summed E-state index contributed by atoms with van der Waals surface area (Å²) in [5, 5.41) is 9.53. The van der Waals surface area contributed by atoms with Gasteiger partial charge in [-0.05, 0) is 35.4 Å². The van der Waals surface area contributed by atoms with Crippen LogP contribution in [0.5, 0.6) is 0 Å². The number of hydrogen-bond donors (Lipinski definition) is 1. The van der Waals surface area contributed by atoms with Gasteiger partial charge in [-0.1, -0.05) is 22.0 Å². The van der Waals surface area contributed by atoms with Gasteiger partial charge in [-0.25, -0.2) is 17.9 Å². The van der Waals surface area contributed by atoms with Crippen LogP contribution < -0.4 is 5.56 Å². The Balaban J connectivity index is 1.64. The zero-order valence-corrected chi connectivity index (χ0v) is 18.2. The van der Waals surface area contributed by atoms with Crippen LogP contribution in [0.25, 0.3) is 0 Å². The third kappa shape index (κ3) is 4.63. The summed E-state index contributed by atoms with van der Waals surface area (Å²) in [5.74, 6) is -1.64. The third-order valence-electron chi connectivity index (χ3n) is 5.47. The van der Waals surface area contributed by atoms with Crippen molar-refractivity contribution in [2.24, 2.45) is 0 Å². The van der Waals surface area contributed by atoms with E-state index in [1.165, 1.54) is 24.3 Å². The Morgan fingerprint density at radius 3 is 2.39 bits per heavy atom. The molecule has 2 aromatic carbocycles. The number of rotatable bonds is 6. The fraction of sp³-hybridized carbons (Fsp3) is 0.318. The quantitative estimate of drug-likeness (QED) is 0.569. The van der Waals surface area contributed by atoms with Crippen molar-refractivity contribution in [2.45, 2.75) is 32.6 Å². The highest BCUT2D eigenvalue weighted by atomic mass is 79.9. The van der Waals surface area contributed by atoms with Gasteiger partial charge in [-0.3, -0.25) is 14.4 Å². The van der Waals surface area contributed by atoms with Crippen LogP contribution >= 0.6 is 15.9 Å². The van der Waals surface area contributed by atoms with Crippen molar-refractivity contribution in [2.75, 3.05) is 13.2 Å². The minimum absolute atomic E-state index is 0.128. The number of aromatic nitrogens is 2. The third-order valence-corrected chi connectivity index (χ3v) is 6.20. The summed E-state index contributed by atoms with van der Waals surface area (Å²) in [6.45, 7) is 1.63. The fourth-order valence-electron chi connectivity index (χ4n) is 4.11. The smallest absolute Gasteiger partial charge is 0.271 e. The number of nitrogens with zero attached hydrogens (tertiary/aromatic N) is 3. The van der Waals surface area contributed by atoms with Crippen molar-refractivity contribution in [3.8, 4) is 0 Å². The Bertz CT molecular complexity index is 1160. The largest absolute Gasteiger partial charge is 0.394 e. The number of hydrogen-bond acceptors (Lipinski definition) is 3. The molecule has 0 unspecified atom stereocenters. The lowest BCUT2D eigenvalue weighted by atomic mass is 10.1. The van der Waals surface area contributed by atoms with Gasteiger partial charge in [0.15, 0.2) is 0 Å². The normalized spacial score (nSPS) is 14.1. The zero-order valence-electron chi connectivity index (χ0n) is 16.6. The molecule has 1 aromatic heterocycles. The number of fused-ring (bicyclic) bond motifs is 1. The lowest BCUT2D eigenvalue weighted by Gasteiger charge is -2.27. The van der Waals surface area contributed by atoms with Crippen molar-refractivity contribution < 1.29 is 18.3 Å². The molecular formula is C22H21BrF3N3O2. The van der Waals surface area contributed by atoms with E-state index >= 15 is 0 Å². The molecule has 0 bridgehead atoms. The van der Waals surface area contributed by atoms with Crippen LogP contribution in [-0.2, 0) is 32.6 Å². The molecule has 0 fully saturated rings. The van der Waals surface area contributed by atoms with Crippen LogP contribution in [0.2, 0.25) is 0 Å². The predicted molar refractivity (Wildman–Crippen MR) is 113 cm³/mol. The summed E-state index contributed by atoms with van der Waals surface area (Å²) in [6, 6.07) is 7.72. The first-order valence-electron chi connectivity index (χ1n) is 9.89. The highest BCUT2D eigenvalue weighted by Crippen LogP contribution is 2.23. The Kier molecular flexibility index (Phi) is 6.36. The molecule has 4 rings (SSSR count). The van der Waals surface area contributed by atoms with Crippen LogP contribution in [0.1, 0.15) is 22.4 Å². The first-order chi connectivity index (χ1) is 14.9. The van der Waals surface area contributed by atoms with E-state index in [-0.39, 0.29) is 31.1 Å². The zero-order chi connectivity index (χ0) is 22.1. The van der Waals surface area contributed by atoms with Gasteiger partial charge in [0.05, 0.1) is 25.3 Å². The lowest BCUT2D eigenvalue weighted by Crippen LogP contribution is -2.32. The Morgan fingerprint density at radius 1 is 0.968 bits per heavy atom. The van der Waals surface area contributed by atoms with E-state index in [2.05, 4.69) is 15.9 Å². The van der Waals surface area contributed by atoms with E-state index in [9.17, 15) is 23.1 Å². The summed E-state index contributed by atoms with van der Waals surface area (Å²) in [6.07, 6.45) is 0.569. The average Bonchev–Trinajstić information content (AvgIpc) is 2.95. The SMILES string of the molecule is O=c1c2c(n(CCO)n1Cc1ccc(F)cc1Br)CCN(Cc1cc(F)cc(F)c1)C2. The molecule has 1 N–H and O–H groups in total. The van der Waals surface area contributed by atoms with Crippen LogP contribution in [0.15, 0.2) is 45.7 Å². The molecule has 0 saturated carbocycles. The van der Waals surface area contributed by atoms with Gasteiger partial charge in [0.2, 0.25) is 0 Å². The second-order valence-corrected chi connectivity index (χ2v) is 8.46. The molecule has 0 atom stereocenters. The number of benzene rings is 2. The maximum absolute atomic E-state index is 13.5. The summed E-state index contributed by atoms with van der Waals surface area (Å²) in [5.41, 5.74) is 2.51. The number of aliphatic hydroxyl groups excluding tert-OH is 1. The van der Waals surface area contributed by atoms with Crippen molar-refractivity contribution in [1.82, 2.24) is 14.3 Å². The van der Waals surface area contributed by atoms with Gasteiger partial charge < -0.3 is 5.11 Å². The topological polar surface area (TPSA) is 50.4 Å². The average molecular weight is 496 g/mol. The molecule has 0 spiro atoms. The summed E-state index contributed by atoms with van der Waals surface area (Å²) >= 11 is 3.34. The fourth-order valence-corrected chi connectivity index (χ4v) is 4.59. The molecule has 5 nitrogen and oxygen atoms in total. The highest BCUT2D eigenvalue weighted by Gasteiger charge is 2.26. The predicted octanol–water partition coefficient (Wildman–Crippen LogP) is 3.43. The molecule has 0 aliphatic carbocycles. The lowest BCUT2D eigenvalue weighted by molar-refractivity contribution is 0.232. The molecule has 0 amide bonds. The Morgan fingerprint density at radius 2 is 1.71 bits per heavy atom. The van der Waals surface area contributed by atoms with E-state index in [1.54, 1.807) is 15.4 Å². The molecular weight excluding hydrogens is 475 g/mol. The molecule has 0 saturated heterocycles. The molecule has 164 valence electrons. The van der Waals surface area contributed by atoms with Gasteiger partial charge >= 0.3 is 0 Å². The molecule has 31 heavy (non-hydrogen) atoms. The van der Waals surface area contributed by atoms with E-state index in [0.717, 1.165) is 17.3 Å². The van der Waals surface area contributed by atoms with E-state index in [0.29, 0.717) is 41.7 Å². The van der Waals surface area contributed by atoms with Gasteiger partial charge in [-0.2, -0.15) is 0 Å². The summed E-state index contributed by atoms with van der Waals surface area (Å²) in [4.78, 5) is 15.2. The Hall–Kier alpha value is -2.36. The molecule has 1 aliphatic rings. The van der Waals surface area contributed by atoms with Crippen molar-refractivity contribution in [1.29, 1.82) is 0 Å². The molecule has 9 heteroatoms. The van der Waals surface area contributed by atoms with Crippen LogP contribution in [-0.4, -0.2) is 32.5 Å². The van der Waals surface area contributed by atoms with Crippen LogP contribution in [0.3, 0.4) is 0 Å². The molecule has 1 aliphatic heterocycles. The highest BCUT2D eigenvalue weighted by molar-refractivity contribution is 9.10. The van der Waals surface area contributed by atoms with Crippen LogP contribution in [0, 0.1) is 17.5 Å². The van der Waals surface area contributed by atoms with Crippen molar-refractivity contribution in [3.05, 3.63) is 91.1 Å². The first kappa shape index (κ1) is 21.9. The monoisotopic (exact) mass is 495 g/mol. The molecule has 3 aromatic rings. The first-order valence-corrected chi connectivity index (χ1v) is 10.7. The van der Waals surface area contributed by atoms with Gasteiger partial charge in [0, 0.05) is 42.3 Å². The maximum Gasteiger partial charge on any atom is 0.271 e. The van der Waals surface area contributed by atoms with E-state index in [1.807, 2.05) is 4.90 Å². The second kappa shape index (κ2) is 9.02. The number of halogens is 4. The van der Waals surface area contributed by atoms with Gasteiger partial charge in [0.25, 0.3) is 5.56 Å². The van der Waals surface area contributed by atoms with Crippen molar-refractivity contribution >= 4 is 15.9 Å². The van der Waals surface area contributed by atoms with Crippen molar-refractivity contribution in [3.63, 3.8) is 0 Å². The van der Waals surface area contributed by atoms with Gasteiger partial charge in [-0.15, -0.1) is 0 Å².